The number of esters is 4. The molecule has 19 heteroatoms. The molecule has 5 atom stereocenters. The first-order valence-corrected chi connectivity index (χ1v) is 45.6. The Morgan fingerprint density at radius 1 is 0.267 bits per heavy atom. The van der Waals surface area contributed by atoms with E-state index in [9.17, 15) is 43.2 Å². The van der Waals surface area contributed by atoms with Crippen LogP contribution in [0.3, 0.4) is 0 Å². The second kappa shape index (κ2) is 74.9. The molecule has 0 heterocycles. The lowest BCUT2D eigenvalue weighted by atomic mass is 10.0. The van der Waals surface area contributed by atoms with E-state index in [0.29, 0.717) is 25.7 Å². The Labute approximate surface area is 619 Å². The summed E-state index contributed by atoms with van der Waals surface area (Å²) in [5.41, 5.74) is 0. The molecule has 0 bridgehead atoms. The highest BCUT2D eigenvalue weighted by Crippen LogP contribution is 2.45. The minimum Gasteiger partial charge on any atom is -0.462 e. The summed E-state index contributed by atoms with van der Waals surface area (Å²) in [5.74, 6) is -1.28. The molecule has 600 valence electrons. The molecule has 0 fully saturated rings. The number of unbranched alkanes of at least 4 members (excludes halogenated alkanes) is 54. The average molecular weight is 1480 g/mol. The van der Waals surface area contributed by atoms with E-state index in [1.54, 1.807) is 0 Å². The molecule has 17 nitrogen and oxygen atoms in total. The molecule has 0 radical (unpaired) electrons. The summed E-state index contributed by atoms with van der Waals surface area (Å²) < 4.78 is 68.8. The van der Waals surface area contributed by atoms with E-state index in [1.165, 1.54) is 263 Å². The summed E-state index contributed by atoms with van der Waals surface area (Å²) in [7, 11) is -9.92. The van der Waals surface area contributed by atoms with Crippen LogP contribution in [-0.2, 0) is 65.4 Å². The SMILES string of the molecule is CCCCCCCCCCCCCCCCC(=O)OC[C@H](COP(=O)(O)OC[C@@H](O)COP(=O)(O)OC[C@@H](COC(=O)CCCCCCCCCCCCCCC)OC(=O)CCCCCCCCCCCCCCC)OC(=O)CCCCCCCCCCCCCCCCCCCCC(C)C. The Morgan fingerprint density at radius 2 is 0.455 bits per heavy atom. The molecule has 0 aromatic heterocycles. The molecule has 0 aliphatic carbocycles. The largest absolute Gasteiger partial charge is 0.472 e. The predicted octanol–water partition coefficient (Wildman–Crippen LogP) is 24.8. The maximum atomic E-state index is 13.1. The van der Waals surface area contributed by atoms with Gasteiger partial charge < -0.3 is 33.8 Å². The number of aliphatic hydroxyl groups is 1. The van der Waals surface area contributed by atoms with Crippen molar-refractivity contribution in [2.45, 2.75) is 457 Å². The van der Waals surface area contributed by atoms with Crippen LogP contribution in [0, 0.1) is 5.92 Å². The van der Waals surface area contributed by atoms with Crippen molar-refractivity contribution in [2.75, 3.05) is 39.6 Å². The highest BCUT2D eigenvalue weighted by atomic mass is 31.2. The molecular weight excluding hydrogens is 1320 g/mol. The van der Waals surface area contributed by atoms with Gasteiger partial charge in [0.05, 0.1) is 26.4 Å². The Kier molecular flexibility index (Phi) is 73.5. The van der Waals surface area contributed by atoms with Gasteiger partial charge in [0.15, 0.2) is 12.2 Å². The highest BCUT2D eigenvalue weighted by molar-refractivity contribution is 7.47. The molecule has 0 aromatic carbocycles. The maximum absolute atomic E-state index is 13.1. The first-order chi connectivity index (χ1) is 49.0. The third kappa shape index (κ3) is 76.1. The number of carbonyl (C=O) groups excluding carboxylic acids is 4. The van der Waals surface area contributed by atoms with E-state index in [-0.39, 0.29) is 25.7 Å². The maximum Gasteiger partial charge on any atom is 0.472 e. The molecule has 101 heavy (non-hydrogen) atoms. The number of hydrogen-bond donors (Lipinski definition) is 3. The third-order valence-corrected chi connectivity index (χ3v) is 21.2. The number of rotatable bonds is 82. The smallest absolute Gasteiger partial charge is 0.462 e. The monoisotopic (exact) mass is 1480 g/mol. The Morgan fingerprint density at radius 3 is 0.673 bits per heavy atom. The molecular formula is C82H160O17P2. The molecule has 3 N–H and O–H groups in total. The van der Waals surface area contributed by atoms with Gasteiger partial charge in [0.1, 0.15) is 19.3 Å². The van der Waals surface area contributed by atoms with E-state index >= 15 is 0 Å². The Bertz CT molecular complexity index is 1930. The Hall–Kier alpha value is -1.94. The van der Waals surface area contributed by atoms with Crippen LogP contribution in [0.4, 0.5) is 0 Å². The zero-order chi connectivity index (χ0) is 74.1. The summed E-state index contributed by atoms with van der Waals surface area (Å²) in [6, 6.07) is 0. The van der Waals surface area contributed by atoms with Crippen molar-refractivity contribution in [2.24, 2.45) is 5.92 Å². The lowest BCUT2D eigenvalue weighted by Gasteiger charge is -2.21. The summed E-state index contributed by atoms with van der Waals surface area (Å²) in [5, 5.41) is 10.6. The molecule has 0 aliphatic heterocycles. The zero-order valence-corrected chi connectivity index (χ0v) is 67.8. The van der Waals surface area contributed by atoms with Crippen LogP contribution in [0.25, 0.3) is 0 Å². The number of phosphoric acid groups is 2. The van der Waals surface area contributed by atoms with Gasteiger partial charge in [-0.25, -0.2) is 9.13 Å². The van der Waals surface area contributed by atoms with E-state index in [0.717, 1.165) is 95.8 Å². The van der Waals surface area contributed by atoms with Gasteiger partial charge >= 0.3 is 39.5 Å². The third-order valence-electron chi connectivity index (χ3n) is 19.3. The second-order valence-corrected chi connectivity index (χ2v) is 32.9. The molecule has 0 amide bonds. The number of hydrogen-bond acceptors (Lipinski definition) is 15. The van der Waals surface area contributed by atoms with Gasteiger partial charge in [-0.3, -0.25) is 37.3 Å². The summed E-state index contributed by atoms with van der Waals surface area (Å²) >= 11 is 0. The molecule has 2 unspecified atom stereocenters. The minimum atomic E-state index is -4.96. The van der Waals surface area contributed by atoms with E-state index in [1.807, 2.05) is 0 Å². The van der Waals surface area contributed by atoms with Crippen molar-refractivity contribution in [1.82, 2.24) is 0 Å². The van der Waals surface area contributed by atoms with Crippen molar-refractivity contribution in [3.8, 4) is 0 Å². The number of aliphatic hydroxyl groups excluding tert-OH is 1. The van der Waals surface area contributed by atoms with Crippen LogP contribution in [0.5, 0.6) is 0 Å². The van der Waals surface area contributed by atoms with Gasteiger partial charge in [0.2, 0.25) is 0 Å². The van der Waals surface area contributed by atoms with Gasteiger partial charge in [-0.05, 0) is 31.6 Å². The van der Waals surface area contributed by atoms with Crippen LogP contribution in [-0.4, -0.2) is 96.7 Å². The van der Waals surface area contributed by atoms with E-state index in [2.05, 4.69) is 34.6 Å². The number of phosphoric ester groups is 2. The summed E-state index contributed by atoms with van der Waals surface area (Å²) in [6.45, 7) is 7.38. The molecule has 0 saturated carbocycles. The fourth-order valence-electron chi connectivity index (χ4n) is 12.8. The standard InChI is InChI=1S/C82H160O17P2/c1-6-9-12-15-18-21-24-27-37-41-46-51-56-61-66-80(85)93-72-78(99-82(87)68-63-58-53-48-43-38-33-31-29-28-30-32-36-39-44-49-54-59-64-75(4)5)74-97-101(90,91)95-70-76(83)69-94-100(88,89)96-73-77(98-81(86)67-62-57-52-47-42-35-26-23-20-17-14-11-8-3)71-92-79(84)65-60-55-50-45-40-34-25-22-19-16-13-10-7-2/h75-78,83H,6-74H2,1-5H3,(H,88,89)(H,90,91)/t76-,77+,78+/m0/s1. The van der Waals surface area contributed by atoms with Crippen molar-refractivity contribution < 1.29 is 80.2 Å². The van der Waals surface area contributed by atoms with Gasteiger partial charge in [0, 0.05) is 25.7 Å². The first-order valence-electron chi connectivity index (χ1n) is 42.6. The highest BCUT2D eigenvalue weighted by Gasteiger charge is 2.30. The lowest BCUT2D eigenvalue weighted by Crippen LogP contribution is -2.30. The van der Waals surface area contributed by atoms with Crippen molar-refractivity contribution >= 4 is 39.5 Å². The number of carbonyl (C=O) groups is 4. The van der Waals surface area contributed by atoms with Crippen LogP contribution in [0.15, 0.2) is 0 Å². The molecule has 0 rings (SSSR count). The van der Waals surface area contributed by atoms with E-state index in [4.69, 9.17) is 37.0 Å². The fourth-order valence-corrected chi connectivity index (χ4v) is 14.3. The normalized spacial score (nSPS) is 13.8. The van der Waals surface area contributed by atoms with Gasteiger partial charge in [-0.15, -0.1) is 0 Å². The summed E-state index contributed by atoms with van der Waals surface area (Å²) in [4.78, 5) is 73.1. The fraction of sp³-hybridized carbons (Fsp3) is 0.951. The van der Waals surface area contributed by atoms with Crippen LogP contribution in [0.2, 0.25) is 0 Å². The van der Waals surface area contributed by atoms with Gasteiger partial charge in [0.25, 0.3) is 0 Å². The number of ether oxygens (including phenoxy) is 4. The average Bonchev–Trinajstić information content (AvgIpc) is 0.941. The topological polar surface area (TPSA) is 237 Å². The first kappa shape index (κ1) is 99.1. The van der Waals surface area contributed by atoms with Crippen molar-refractivity contribution in [1.29, 1.82) is 0 Å². The molecule has 0 spiro atoms. The summed E-state index contributed by atoms with van der Waals surface area (Å²) in [6.07, 6.45) is 66.4. The molecule has 0 aromatic rings. The second-order valence-electron chi connectivity index (χ2n) is 30.0. The van der Waals surface area contributed by atoms with Crippen molar-refractivity contribution in [3.63, 3.8) is 0 Å². The van der Waals surface area contributed by atoms with Crippen LogP contribution < -0.4 is 0 Å². The zero-order valence-electron chi connectivity index (χ0n) is 66.1. The lowest BCUT2D eigenvalue weighted by molar-refractivity contribution is -0.161. The van der Waals surface area contributed by atoms with E-state index < -0.39 is 97.5 Å². The van der Waals surface area contributed by atoms with Gasteiger partial charge in [-0.2, -0.15) is 0 Å². The minimum absolute atomic E-state index is 0.109. The molecule has 0 saturated heterocycles. The van der Waals surface area contributed by atoms with Gasteiger partial charge in [-0.1, -0.05) is 388 Å². The van der Waals surface area contributed by atoms with Crippen molar-refractivity contribution in [3.05, 3.63) is 0 Å². The van der Waals surface area contributed by atoms with Crippen LogP contribution >= 0.6 is 15.6 Å². The Balaban J connectivity index is 5.23. The quantitative estimate of drug-likeness (QED) is 0.0222. The predicted molar refractivity (Wildman–Crippen MR) is 414 cm³/mol. The van der Waals surface area contributed by atoms with Crippen LogP contribution in [0.1, 0.15) is 439 Å². The molecule has 0 aliphatic rings.